The standard InChI is InChI=1S/C22H25N3O4/c1-3-4-5-12-23-20(26)16-8-11-18-19(13-16)24-22(28)25(21(18)27)14-15-6-9-17(29-2)10-7-15/h6-11,13H,3-5,12,14H2,1-2H3,(H,23,26)(H,24,28). The van der Waals surface area contributed by atoms with Crippen LogP contribution in [0.15, 0.2) is 52.1 Å². The van der Waals surface area contributed by atoms with Crippen molar-refractivity contribution in [2.24, 2.45) is 0 Å². The highest BCUT2D eigenvalue weighted by Crippen LogP contribution is 2.13. The van der Waals surface area contributed by atoms with Gasteiger partial charge >= 0.3 is 5.69 Å². The number of methoxy groups -OCH3 is 1. The Morgan fingerprint density at radius 3 is 2.55 bits per heavy atom. The third-order valence-corrected chi connectivity index (χ3v) is 4.81. The molecule has 0 atom stereocenters. The van der Waals surface area contributed by atoms with Crippen molar-refractivity contribution in [1.29, 1.82) is 0 Å². The third kappa shape index (κ3) is 4.74. The fourth-order valence-electron chi connectivity index (χ4n) is 3.13. The van der Waals surface area contributed by atoms with Gasteiger partial charge in [-0.15, -0.1) is 0 Å². The van der Waals surface area contributed by atoms with E-state index >= 15 is 0 Å². The number of hydrogen-bond donors (Lipinski definition) is 2. The normalized spacial score (nSPS) is 10.8. The van der Waals surface area contributed by atoms with E-state index in [1.807, 2.05) is 0 Å². The first-order chi connectivity index (χ1) is 14.0. The molecule has 7 nitrogen and oxygen atoms in total. The fourth-order valence-corrected chi connectivity index (χ4v) is 3.13. The summed E-state index contributed by atoms with van der Waals surface area (Å²) in [5.41, 5.74) is 0.665. The third-order valence-electron chi connectivity index (χ3n) is 4.81. The zero-order valence-electron chi connectivity index (χ0n) is 16.7. The minimum atomic E-state index is -0.515. The second-order valence-corrected chi connectivity index (χ2v) is 6.89. The molecule has 2 N–H and O–H groups in total. The first-order valence-electron chi connectivity index (χ1n) is 9.71. The molecule has 0 saturated heterocycles. The maximum atomic E-state index is 12.8. The summed E-state index contributed by atoms with van der Waals surface area (Å²) in [4.78, 5) is 40.3. The Labute approximate surface area is 168 Å². The Hall–Kier alpha value is -3.35. The van der Waals surface area contributed by atoms with Crippen molar-refractivity contribution in [2.45, 2.75) is 32.7 Å². The average molecular weight is 395 g/mol. The molecule has 0 bridgehead atoms. The Morgan fingerprint density at radius 2 is 1.86 bits per heavy atom. The molecule has 3 aromatic rings. The first-order valence-corrected chi connectivity index (χ1v) is 9.71. The van der Waals surface area contributed by atoms with Gasteiger partial charge in [0.1, 0.15) is 5.75 Å². The number of carbonyl (C=O) groups is 1. The van der Waals surface area contributed by atoms with E-state index in [4.69, 9.17) is 4.74 Å². The molecule has 0 fully saturated rings. The van der Waals surface area contributed by atoms with E-state index < -0.39 is 11.2 Å². The molecule has 7 heteroatoms. The molecule has 1 heterocycles. The molecule has 0 aliphatic carbocycles. The van der Waals surface area contributed by atoms with Crippen molar-refractivity contribution in [3.05, 3.63) is 74.4 Å². The van der Waals surface area contributed by atoms with E-state index in [0.29, 0.717) is 28.8 Å². The number of H-pyrrole nitrogens is 1. The summed E-state index contributed by atoms with van der Waals surface area (Å²) in [6.07, 6.45) is 3.05. The van der Waals surface area contributed by atoms with Crippen LogP contribution in [-0.4, -0.2) is 29.1 Å². The Kier molecular flexibility index (Phi) is 6.49. The van der Waals surface area contributed by atoms with Crippen LogP contribution in [0, 0.1) is 0 Å². The van der Waals surface area contributed by atoms with Crippen LogP contribution in [0.4, 0.5) is 0 Å². The number of nitrogens with zero attached hydrogens (tertiary/aromatic N) is 1. The molecule has 29 heavy (non-hydrogen) atoms. The van der Waals surface area contributed by atoms with Crippen molar-refractivity contribution in [2.75, 3.05) is 13.7 Å². The zero-order valence-corrected chi connectivity index (χ0v) is 16.7. The SMILES string of the molecule is CCCCCNC(=O)c1ccc2c(=O)n(Cc3ccc(OC)cc3)c(=O)[nH]c2c1. The molecule has 3 rings (SSSR count). The smallest absolute Gasteiger partial charge is 0.329 e. The number of carbonyl (C=O) groups excluding carboxylic acids is 1. The summed E-state index contributed by atoms with van der Waals surface area (Å²) < 4.78 is 6.27. The fraction of sp³-hybridized carbons (Fsp3) is 0.318. The van der Waals surface area contributed by atoms with Gasteiger partial charge in [0.2, 0.25) is 0 Å². The number of nitrogens with one attached hydrogen (secondary N) is 2. The lowest BCUT2D eigenvalue weighted by molar-refractivity contribution is 0.0953. The number of ether oxygens (including phenoxy) is 1. The summed E-state index contributed by atoms with van der Waals surface area (Å²) in [7, 11) is 1.58. The van der Waals surface area contributed by atoms with E-state index in [1.54, 1.807) is 49.6 Å². The van der Waals surface area contributed by atoms with Crippen LogP contribution < -0.4 is 21.3 Å². The molecule has 0 radical (unpaired) electrons. The minimum Gasteiger partial charge on any atom is -0.497 e. The molecule has 1 amide bonds. The Morgan fingerprint density at radius 1 is 1.10 bits per heavy atom. The van der Waals surface area contributed by atoms with Crippen LogP contribution in [0.2, 0.25) is 0 Å². The number of benzene rings is 2. The van der Waals surface area contributed by atoms with E-state index in [9.17, 15) is 14.4 Å². The van der Waals surface area contributed by atoms with Gasteiger partial charge in [-0.05, 0) is 42.3 Å². The number of amides is 1. The number of fused-ring (bicyclic) bond motifs is 1. The molecule has 0 aliphatic heterocycles. The highest BCUT2D eigenvalue weighted by molar-refractivity contribution is 5.97. The minimum absolute atomic E-state index is 0.147. The van der Waals surface area contributed by atoms with Crippen LogP contribution in [0.5, 0.6) is 5.75 Å². The van der Waals surface area contributed by atoms with Gasteiger partial charge in [0.25, 0.3) is 11.5 Å². The maximum absolute atomic E-state index is 12.8. The van der Waals surface area contributed by atoms with Gasteiger partial charge in [0, 0.05) is 12.1 Å². The molecule has 152 valence electrons. The number of rotatable bonds is 8. The highest BCUT2D eigenvalue weighted by atomic mass is 16.5. The summed E-state index contributed by atoms with van der Waals surface area (Å²) >= 11 is 0. The molecule has 0 saturated carbocycles. The van der Waals surface area contributed by atoms with Crippen molar-refractivity contribution in [3.63, 3.8) is 0 Å². The number of aromatic nitrogens is 2. The monoisotopic (exact) mass is 395 g/mol. The van der Waals surface area contributed by atoms with Crippen LogP contribution in [-0.2, 0) is 6.54 Å². The average Bonchev–Trinajstić information content (AvgIpc) is 2.74. The first kappa shape index (κ1) is 20.4. The van der Waals surface area contributed by atoms with Gasteiger partial charge in [-0.25, -0.2) is 4.79 Å². The molecule has 2 aromatic carbocycles. The van der Waals surface area contributed by atoms with Crippen molar-refractivity contribution in [1.82, 2.24) is 14.9 Å². The second kappa shape index (κ2) is 9.23. The lowest BCUT2D eigenvalue weighted by atomic mass is 10.1. The van der Waals surface area contributed by atoms with E-state index in [-0.39, 0.29) is 12.5 Å². The Balaban J connectivity index is 1.86. The van der Waals surface area contributed by atoms with E-state index in [2.05, 4.69) is 17.2 Å². The predicted molar refractivity (Wildman–Crippen MR) is 113 cm³/mol. The number of hydrogen-bond acceptors (Lipinski definition) is 4. The summed E-state index contributed by atoms with van der Waals surface area (Å²) in [6, 6.07) is 11.9. The summed E-state index contributed by atoms with van der Waals surface area (Å²) in [5.74, 6) is 0.486. The van der Waals surface area contributed by atoms with Crippen molar-refractivity contribution in [3.8, 4) is 5.75 Å². The summed E-state index contributed by atoms with van der Waals surface area (Å²) in [6.45, 7) is 2.85. The second-order valence-electron chi connectivity index (χ2n) is 6.89. The quantitative estimate of drug-likeness (QED) is 0.574. The largest absolute Gasteiger partial charge is 0.497 e. The van der Waals surface area contributed by atoms with Crippen LogP contribution in [0.3, 0.4) is 0 Å². The van der Waals surface area contributed by atoms with E-state index in [0.717, 1.165) is 29.4 Å². The Bertz CT molecular complexity index is 1110. The molecule has 0 aliphatic rings. The number of unbranched alkanes of at least 4 members (excludes halogenated alkanes) is 2. The van der Waals surface area contributed by atoms with Gasteiger partial charge in [0.05, 0.1) is 24.6 Å². The van der Waals surface area contributed by atoms with Gasteiger partial charge in [0.15, 0.2) is 0 Å². The highest BCUT2D eigenvalue weighted by Gasteiger charge is 2.12. The van der Waals surface area contributed by atoms with Crippen LogP contribution in [0.25, 0.3) is 10.9 Å². The van der Waals surface area contributed by atoms with Crippen molar-refractivity contribution >= 4 is 16.8 Å². The van der Waals surface area contributed by atoms with Crippen LogP contribution >= 0.6 is 0 Å². The van der Waals surface area contributed by atoms with Crippen molar-refractivity contribution < 1.29 is 9.53 Å². The van der Waals surface area contributed by atoms with Gasteiger partial charge < -0.3 is 15.0 Å². The predicted octanol–water partition coefficient (Wildman–Crippen LogP) is 2.67. The molecule has 1 aromatic heterocycles. The van der Waals surface area contributed by atoms with E-state index in [1.165, 1.54) is 0 Å². The van der Waals surface area contributed by atoms with Crippen LogP contribution in [0.1, 0.15) is 42.1 Å². The van der Waals surface area contributed by atoms with Gasteiger partial charge in [-0.2, -0.15) is 0 Å². The zero-order chi connectivity index (χ0) is 20.8. The van der Waals surface area contributed by atoms with Gasteiger partial charge in [-0.1, -0.05) is 31.9 Å². The maximum Gasteiger partial charge on any atom is 0.329 e. The molecular formula is C22H25N3O4. The van der Waals surface area contributed by atoms with Gasteiger partial charge in [-0.3, -0.25) is 14.2 Å². The number of aromatic amines is 1. The molecule has 0 spiro atoms. The topological polar surface area (TPSA) is 93.2 Å². The summed E-state index contributed by atoms with van der Waals surface area (Å²) in [5, 5.41) is 3.22. The lowest BCUT2D eigenvalue weighted by Crippen LogP contribution is -2.35. The lowest BCUT2D eigenvalue weighted by Gasteiger charge is -2.09. The molecule has 0 unspecified atom stereocenters. The molecular weight excluding hydrogens is 370 g/mol.